The van der Waals surface area contributed by atoms with Gasteiger partial charge in [0.2, 0.25) is 0 Å². The van der Waals surface area contributed by atoms with Crippen LogP contribution in [-0.4, -0.2) is 79.0 Å². The maximum Gasteiger partial charge on any atom is 0.303 e. The fraction of sp³-hybridized carbons (Fsp3) is 0.522. The quantitative estimate of drug-likeness (QED) is 0.256. The summed E-state index contributed by atoms with van der Waals surface area (Å²) < 4.78 is 32.2. The van der Waals surface area contributed by atoms with Crippen molar-refractivity contribution in [3.63, 3.8) is 0 Å². The monoisotopic (exact) mass is 512 g/mol. The lowest BCUT2D eigenvalue weighted by atomic mass is 9.99. The summed E-state index contributed by atoms with van der Waals surface area (Å²) in [5, 5.41) is 0. The summed E-state index contributed by atoms with van der Waals surface area (Å²) in [6, 6.07) is 6.50. The Balaban J connectivity index is 2.32. The van der Waals surface area contributed by atoms with Crippen molar-refractivity contribution in [2.24, 2.45) is 0 Å². The SMILES string of the molecule is COc1ccc(C(=O)CSC2OC(COC(C)=O)C(OC(C)=O)C(OC(C)=O)C2OC(C)=O)cc1. The van der Waals surface area contributed by atoms with Gasteiger partial charge in [0.15, 0.2) is 24.1 Å². The van der Waals surface area contributed by atoms with Gasteiger partial charge in [0, 0.05) is 33.3 Å². The zero-order valence-electron chi connectivity index (χ0n) is 20.0. The first-order valence-electron chi connectivity index (χ1n) is 10.6. The molecule has 0 bridgehead atoms. The topological polar surface area (TPSA) is 141 Å². The van der Waals surface area contributed by atoms with Crippen LogP contribution in [0.1, 0.15) is 38.1 Å². The molecule has 1 heterocycles. The predicted octanol–water partition coefficient (Wildman–Crippen LogP) is 1.69. The molecule has 1 aromatic rings. The van der Waals surface area contributed by atoms with Crippen molar-refractivity contribution in [3.05, 3.63) is 29.8 Å². The molecular weight excluding hydrogens is 484 g/mol. The van der Waals surface area contributed by atoms with E-state index in [9.17, 15) is 24.0 Å². The van der Waals surface area contributed by atoms with Crippen LogP contribution in [0.15, 0.2) is 24.3 Å². The Bertz CT molecular complexity index is 930. The van der Waals surface area contributed by atoms with Crippen LogP contribution in [-0.2, 0) is 42.9 Å². The molecule has 1 aliphatic rings. The third-order valence-electron chi connectivity index (χ3n) is 4.74. The van der Waals surface area contributed by atoms with Crippen LogP contribution in [0.3, 0.4) is 0 Å². The summed E-state index contributed by atoms with van der Waals surface area (Å²) in [5.74, 6) is -2.50. The van der Waals surface area contributed by atoms with E-state index in [1.165, 1.54) is 14.0 Å². The predicted molar refractivity (Wildman–Crippen MR) is 122 cm³/mol. The molecule has 0 amide bonds. The van der Waals surface area contributed by atoms with Gasteiger partial charge >= 0.3 is 23.9 Å². The number of ether oxygens (including phenoxy) is 6. The molecule has 1 aromatic carbocycles. The van der Waals surface area contributed by atoms with Gasteiger partial charge in [-0.05, 0) is 24.3 Å². The molecule has 5 atom stereocenters. The molecule has 5 unspecified atom stereocenters. The van der Waals surface area contributed by atoms with Gasteiger partial charge in [-0.3, -0.25) is 24.0 Å². The molecule has 1 fully saturated rings. The summed E-state index contributed by atoms with van der Waals surface area (Å²) in [6.07, 6.45) is -4.80. The maximum atomic E-state index is 12.7. The number of esters is 4. The Morgan fingerprint density at radius 1 is 0.800 bits per heavy atom. The Morgan fingerprint density at radius 2 is 1.34 bits per heavy atom. The average molecular weight is 513 g/mol. The third kappa shape index (κ3) is 8.55. The van der Waals surface area contributed by atoms with Crippen molar-refractivity contribution < 1.29 is 52.4 Å². The molecule has 0 radical (unpaired) electrons. The minimum Gasteiger partial charge on any atom is -0.497 e. The second-order valence-corrected chi connectivity index (χ2v) is 8.62. The Kier molecular flexibility index (Phi) is 10.5. The average Bonchev–Trinajstić information content (AvgIpc) is 2.78. The van der Waals surface area contributed by atoms with Gasteiger partial charge in [-0.1, -0.05) is 0 Å². The number of methoxy groups -OCH3 is 1. The normalized spacial score (nSPS) is 23.5. The van der Waals surface area contributed by atoms with Gasteiger partial charge in [-0.2, -0.15) is 0 Å². The maximum absolute atomic E-state index is 12.7. The van der Waals surface area contributed by atoms with Gasteiger partial charge in [-0.15, -0.1) is 11.8 Å². The number of carbonyl (C=O) groups is 5. The lowest BCUT2D eigenvalue weighted by molar-refractivity contribution is -0.237. The van der Waals surface area contributed by atoms with Gasteiger partial charge in [0.05, 0.1) is 12.9 Å². The zero-order valence-corrected chi connectivity index (χ0v) is 20.8. The minimum absolute atomic E-state index is 0.0833. The van der Waals surface area contributed by atoms with E-state index in [2.05, 4.69) is 0 Å². The number of benzene rings is 1. The largest absolute Gasteiger partial charge is 0.497 e. The van der Waals surface area contributed by atoms with Gasteiger partial charge in [0.25, 0.3) is 0 Å². The van der Waals surface area contributed by atoms with Gasteiger partial charge < -0.3 is 28.4 Å². The number of hydrogen-bond acceptors (Lipinski definition) is 12. The highest BCUT2D eigenvalue weighted by atomic mass is 32.2. The zero-order chi connectivity index (χ0) is 26.1. The molecule has 0 spiro atoms. The summed E-state index contributed by atoms with van der Waals surface area (Å²) >= 11 is 0.998. The Hall–Kier alpha value is -3.12. The second-order valence-electron chi connectivity index (χ2n) is 7.53. The molecule has 192 valence electrons. The number of Topliss-reactive ketones (excluding diaryl/α,β-unsaturated/α-hetero) is 1. The van der Waals surface area contributed by atoms with Crippen LogP contribution in [0.2, 0.25) is 0 Å². The van der Waals surface area contributed by atoms with Crippen LogP contribution in [0, 0.1) is 0 Å². The highest BCUT2D eigenvalue weighted by Crippen LogP contribution is 2.34. The number of thioether (sulfide) groups is 1. The molecule has 0 aliphatic carbocycles. The summed E-state index contributed by atoms with van der Waals surface area (Å²) in [5.41, 5.74) is -0.596. The fourth-order valence-corrected chi connectivity index (χ4v) is 4.44. The fourth-order valence-electron chi connectivity index (χ4n) is 3.34. The highest BCUT2D eigenvalue weighted by molar-refractivity contribution is 8.00. The lowest BCUT2D eigenvalue weighted by Gasteiger charge is -2.44. The van der Waals surface area contributed by atoms with Gasteiger partial charge in [-0.25, -0.2) is 0 Å². The van der Waals surface area contributed by atoms with Crippen LogP contribution in [0.4, 0.5) is 0 Å². The summed E-state index contributed by atoms with van der Waals surface area (Å²) in [7, 11) is 1.51. The van der Waals surface area contributed by atoms with Crippen molar-refractivity contribution >= 4 is 41.4 Å². The van der Waals surface area contributed by atoms with Crippen LogP contribution < -0.4 is 4.74 Å². The molecule has 0 saturated carbocycles. The number of hydrogen-bond donors (Lipinski definition) is 0. The Labute approximate surface area is 206 Å². The van der Waals surface area contributed by atoms with Crippen molar-refractivity contribution in [3.8, 4) is 5.75 Å². The summed E-state index contributed by atoms with van der Waals surface area (Å²) in [6.45, 7) is 4.29. The van der Waals surface area contributed by atoms with Crippen molar-refractivity contribution in [2.75, 3.05) is 19.5 Å². The lowest BCUT2D eigenvalue weighted by Crippen LogP contribution is -2.61. The Morgan fingerprint density at radius 3 is 1.86 bits per heavy atom. The second kappa shape index (κ2) is 13.1. The molecular formula is C23H28O11S. The van der Waals surface area contributed by atoms with Crippen molar-refractivity contribution in [1.82, 2.24) is 0 Å². The van der Waals surface area contributed by atoms with E-state index in [0.717, 1.165) is 32.5 Å². The number of ketones is 1. The van der Waals surface area contributed by atoms with Crippen LogP contribution in [0.25, 0.3) is 0 Å². The van der Waals surface area contributed by atoms with E-state index in [-0.39, 0.29) is 18.1 Å². The third-order valence-corrected chi connectivity index (χ3v) is 5.88. The first kappa shape index (κ1) is 28.1. The molecule has 12 heteroatoms. The molecule has 1 aliphatic heterocycles. The molecule has 0 aromatic heterocycles. The standard InChI is InChI=1S/C23H28O11S/c1-12(24)30-10-19-20(31-13(2)25)21(32-14(3)26)22(33-15(4)27)23(34-19)35-11-18(28)16-6-8-17(29-5)9-7-16/h6-9,19-23H,10-11H2,1-5H3. The van der Waals surface area contributed by atoms with E-state index >= 15 is 0 Å². The van der Waals surface area contributed by atoms with Crippen LogP contribution in [0.5, 0.6) is 5.75 Å². The van der Waals surface area contributed by atoms with E-state index in [1.807, 2.05) is 0 Å². The molecule has 1 saturated heterocycles. The molecule has 11 nitrogen and oxygen atoms in total. The first-order valence-corrected chi connectivity index (χ1v) is 11.7. The van der Waals surface area contributed by atoms with E-state index in [0.29, 0.717) is 11.3 Å². The van der Waals surface area contributed by atoms with Crippen molar-refractivity contribution in [1.29, 1.82) is 0 Å². The van der Waals surface area contributed by atoms with E-state index < -0.39 is 53.7 Å². The first-order chi connectivity index (χ1) is 16.5. The summed E-state index contributed by atoms with van der Waals surface area (Å²) in [4.78, 5) is 59.6. The minimum atomic E-state index is -1.27. The van der Waals surface area contributed by atoms with Crippen molar-refractivity contribution in [2.45, 2.75) is 57.5 Å². The number of rotatable bonds is 10. The highest BCUT2D eigenvalue weighted by Gasteiger charge is 2.52. The van der Waals surface area contributed by atoms with Crippen LogP contribution >= 0.6 is 11.8 Å². The molecule has 0 N–H and O–H groups in total. The van der Waals surface area contributed by atoms with E-state index in [4.69, 9.17) is 28.4 Å². The number of carbonyl (C=O) groups excluding carboxylic acids is 5. The molecule has 35 heavy (non-hydrogen) atoms. The van der Waals surface area contributed by atoms with Gasteiger partial charge in [0.1, 0.15) is 23.9 Å². The molecule has 2 rings (SSSR count). The van der Waals surface area contributed by atoms with E-state index in [1.54, 1.807) is 24.3 Å². The smallest absolute Gasteiger partial charge is 0.303 e.